The quantitative estimate of drug-likeness (QED) is 0.813. The van der Waals surface area contributed by atoms with Crippen molar-refractivity contribution in [1.82, 2.24) is 10.2 Å². The van der Waals surface area contributed by atoms with Crippen molar-refractivity contribution in [3.63, 3.8) is 0 Å². The summed E-state index contributed by atoms with van der Waals surface area (Å²) in [6, 6.07) is 8.10. The summed E-state index contributed by atoms with van der Waals surface area (Å²) in [5, 5.41) is 13.4. The van der Waals surface area contributed by atoms with Crippen molar-refractivity contribution in [1.29, 1.82) is 0 Å². The predicted molar refractivity (Wildman–Crippen MR) is 88.7 cm³/mol. The van der Waals surface area contributed by atoms with Gasteiger partial charge in [-0.25, -0.2) is 0 Å². The zero-order valence-electron chi connectivity index (χ0n) is 12.5. The molecular weight excluding hydrogens is 284 g/mol. The second kappa shape index (κ2) is 8.20. The number of benzene rings is 1. The molecule has 0 amide bonds. The van der Waals surface area contributed by atoms with Crippen LogP contribution in [0.4, 0.5) is 0 Å². The molecule has 0 bridgehead atoms. The maximum absolute atomic E-state index is 9.26. The number of aliphatic hydroxyl groups excluding tert-OH is 1. The van der Waals surface area contributed by atoms with Gasteiger partial charge in [-0.2, -0.15) is 0 Å². The summed E-state index contributed by atoms with van der Waals surface area (Å²) in [5.74, 6) is 1.24. The summed E-state index contributed by atoms with van der Waals surface area (Å²) in [7, 11) is 1.67. The number of ether oxygens (including phenoxy) is 1. The van der Waals surface area contributed by atoms with Crippen LogP contribution >= 0.6 is 12.2 Å². The minimum Gasteiger partial charge on any atom is -0.497 e. The summed E-state index contributed by atoms with van der Waals surface area (Å²) >= 11 is 5.44. The first-order valence-electron chi connectivity index (χ1n) is 7.49. The van der Waals surface area contributed by atoms with Crippen LogP contribution in [0.5, 0.6) is 5.75 Å². The van der Waals surface area contributed by atoms with Gasteiger partial charge in [-0.1, -0.05) is 12.1 Å². The number of nitrogens with zero attached hydrogens (tertiary/aromatic N) is 1. The summed E-state index contributed by atoms with van der Waals surface area (Å²) in [5.41, 5.74) is 1.26. The molecule has 21 heavy (non-hydrogen) atoms. The molecule has 0 saturated carbocycles. The molecule has 0 aromatic heterocycles. The van der Waals surface area contributed by atoms with Crippen LogP contribution in [0.3, 0.4) is 0 Å². The van der Waals surface area contributed by atoms with Crippen LogP contribution in [-0.2, 0) is 6.42 Å². The summed E-state index contributed by atoms with van der Waals surface area (Å²) in [4.78, 5) is 2.17. The molecule has 1 unspecified atom stereocenters. The summed E-state index contributed by atoms with van der Waals surface area (Å²) < 4.78 is 5.15. The highest BCUT2D eigenvalue weighted by molar-refractivity contribution is 7.80. The fourth-order valence-corrected chi connectivity index (χ4v) is 2.88. The van der Waals surface area contributed by atoms with Crippen LogP contribution in [0.25, 0.3) is 0 Å². The van der Waals surface area contributed by atoms with E-state index >= 15 is 0 Å². The van der Waals surface area contributed by atoms with Crippen LogP contribution in [0.2, 0.25) is 0 Å². The van der Waals surface area contributed by atoms with E-state index in [2.05, 4.69) is 22.3 Å². The molecule has 2 N–H and O–H groups in total. The fraction of sp³-hybridized carbons (Fsp3) is 0.562. The molecule has 1 saturated heterocycles. The van der Waals surface area contributed by atoms with E-state index < -0.39 is 0 Å². The molecule has 1 atom stereocenters. The average molecular weight is 308 g/mol. The van der Waals surface area contributed by atoms with Crippen molar-refractivity contribution in [3.05, 3.63) is 29.8 Å². The SMILES string of the molecule is COc1ccc(CCNC(=S)N2CCCC(CO)C2)cc1. The van der Waals surface area contributed by atoms with E-state index in [1.165, 1.54) is 5.56 Å². The van der Waals surface area contributed by atoms with Gasteiger partial charge >= 0.3 is 0 Å². The average Bonchev–Trinajstić information content (AvgIpc) is 2.55. The van der Waals surface area contributed by atoms with Gasteiger partial charge in [0.15, 0.2) is 5.11 Å². The van der Waals surface area contributed by atoms with Crippen molar-refractivity contribution >= 4 is 17.3 Å². The van der Waals surface area contributed by atoms with E-state index in [1.807, 2.05) is 12.1 Å². The fourth-order valence-electron chi connectivity index (χ4n) is 2.62. The van der Waals surface area contributed by atoms with Gasteiger partial charge in [-0.3, -0.25) is 0 Å². The second-order valence-corrected chi connectivity index (χ2v) is 5.85. The number of thiocarbonyl (C=S) groups is 1. The molecule has 5 heteroatoms. The van der Waals surface area contributed by atoms with Gasteiger partial charge in [0.1, 0.15) is 5.75 Å². The van der Waals surface area contributed by atoms with E-state index in [1.54, 1.807) is 7.11 Å². The molecular formula is C16H24N2O2S. The zero-order valence-corrected chi connectivity index (χ0v) is 13.4. The first kappa shape index (κ1) is 16.0. The number of hydrogen-bond acceptors (Lipinski definition) is 3. The van der Waals surface area contributed by atoms with E-state index in [0.29, 0.717) is 5.92 Å². The smallest absolute Gasteiger partial charge is 0.168 e. The van der Waals surface area contributed by atoms with E-state index in [9.17, 15) is 5.11 Å². The molecule has 0 radical (unpaired) electrons. The third kappa shape index (κ3) is 4.86. The number of likely N-dealkylation sites (tertiary alicyclic amines) is 1. The zero-order chi connectivity index (χ0) is 15.1. The van der Waals surface area contributed by atoms with Gasteiger partial charge in [-0.05, 0) is 55.1 Å². The van der Waals surface area contributed by atoms with Crippen molar-refractivity contribution in [2.24, 2.45) is 5.92 Å². The summed E-state index contributed by atoms with van der Waals surface area (Å²) in [6.07, 6.45) is 3.13. The normalized spacial score (nSPS) is 18.4. The Morgan fingerprint density at radius 3 is 2.86 bits per heavy atom. The van der Waals surface area contributed by atoms with Gasteiger partial charge in [0.25, 0.3) is 0 Å². The van der Waals surface area contributed by atoms with Gasteiger partial charge in [-0.15, -0.1) is 0 Å². The third-order valence-electron chi connectivity index (χ3n) is 3.91. The Kier molecular flexibility index (Phi) is 6.26. The topological polar surface area (TPSA) is 44.7 Å². The van der Waals surface area contributed by atoms with Gasteiger partial charge < -0.3 is 20.1 Å². The Morgan fingerprint density at radius 2 is 2.19 bits per heavy atom. The molecule has 1 heterocycles. The van der Waals surface area contributed by atoms with Crippen molar-refractivity contribution in [3.8, 4) is 5.75 Å². The lowest BCUT2D eigenvalue weighted by Gasteiger charge is -2.33. The molecule has 116 valence electrons. The van der Waals surface area contributed by atoms with Crippen molar-refractivity contribution < 1.29 is 9.84 Å². The third-order valence-corrected chi connectivity index (χ3v) is 4.32. The molecule has 1 fully saturated rings. The van der Waals surface area contributed by atoms with Gasteiger partial charge in [0.2, 0.25) is 0 Å². The van der Waals surface area contributed by atoms with Crippen LogP contribution in [0.1, 0.15) is 18.4 Å². The van der Waals surface area contributed by atoms with Gasteiger partial charge in [0, 0.05) is 26.2 Å². The maximum Gasteiger partial charge on any atom is 0.168 e. The highest BCUT2D eigenvalue weighted by Crippen LogP contribution is 2.16. The molecule has 1 aromatic rings. The number of piperidine rings is 1. The minimum absolute atomic E-state index is 0.255. The highest BCUT2D eigenvalue weighted by atomic mass is 32.1. The second-order valence-electron chi connectivity index (χ2n) is 5.47. The lowest BCUT2D eigenvalue weighted by Crippen LogP contribution is -2.46. The van der Waals surface area contributed by atoms with Crippen LogP contribution in [0, 0.1) is 5.92 Å². The molecule has 0 aliphatic carbocycles. The largest absolute Gasteiger partial charge is 0.497 e. The first-order valence-corrected chi connectivity index (χ1v) is 7.90. The van der Waals surface area contributed by atoms with Crippen LogP contribution < -0.4 is 10.1 Å². The molecule has 4 nitrogen and oxygen atoms in total. The predicted octanol–water partition coefficient (Wildman–Crippen LogP) is 1.82. The Bertz CT molecular complexity index is 450. The first-order chi connectivity index (χ1) is 10.2. The minimum atomic E-state index is 0.255. The van der Waals surface area contributed by atoms with Crippen molar-refractivity contribution in [2.45, 2.75) is 19.3 Å². The van der Waals surface area contributed by atoms with Gasteiger partial charge in [0.05, 0.1) is 7.11 Å². The summed E-state index contributed by atoms with van der Waals surface area (Å²) in [6.45, 7) is 2.94. The molecule has 1 aromatic carbocycles. The molecule has 1 aliphatic rings. The van der Waals surface area contributed by atoms with Crippen LogP contribution in [0.15, 0.2) is 24.3 Å². The molecule has 2 rings (SSSR count). The van der Waals surface area contributed by atoms with Crippen LogP contribution in [-0.4, -0.2) is 48.5 Å². The molecule has 1 aliphatic heterocycles. The standard InChI is InChI=1S/C16H24N2O2S/c1-20-15-6-4-13(5-7-15)8-9-17-16(21)18-10-2-3-14(11-18)12-19/h4-7,14,19H,2-3,8-12H2,1H3,(H,17,21). The Morgan fingerprint density at radius 1 is 1.43 bits per heavy atom. The number of aliphatic hydroxyl groups is 1. The Balaban J connectivity index is 1.73. The number of methoxy groups -OCH3 is 1. The lowest BCUT2D eigenvalue weighted by molar-refractivity contribution is 0.160. The number of rotatable bonds is 5. The Hall–Kier alpha value is -1.33. The van der Waals surface area contributed by atoms with E-state index in [0.717, 1.165) is 49.8 Å². The molecule has 0 spiro atoms. The monoisotopic (exact) mass is 308 g/mol. The Labute approximate surface area is 132 Å². The maximum atomic E-state index is 9.26. The number of hydrogen-bond donors (Lipinski definition) is 2. The van der Waals surface area contributed by atoms with Crippen molar-refractivity contribution in [2.75, 3.05) is 33.4 Å². The highest BCUT2D eigenvalue weighted by Gasteiger charge is 2.20. The van der Waals surface area contributed by atoms with E-state index in [-0.39, 0.29) is 6.61 Å². The number of nitrogens with one attached hydrogen (secondary N) is 1. The lowest BCUT2D eigenvalue weighted by atomic mass is 9.99. The van der Waals surface area contributed by atoms with E-state index in [4.69, 9.17) is 17.0 Å².